The fourth-order valence-corrected chi connectivity index (χ4v) is 2.93. The topological polar surface area (TPSA) is 114 Å². The minimum Gasteiger partial charge on any atom is -0.507 e. The van der Waals surface area contributed by atoms with Crippen LogP contribution in [0.3, 0.4) is 0 Å². The van der Waals surface area contributed by atoms with Crippen LogP contribution in [-0.4, -0.2) is 26.2 Å². The standard InChI is InChI=1S/C23H17N5O3/c29-22-9-5-4-8-19(22)21-14-20(17-6-2-1-3-7-17)25-23(26-21)27-24-15-16-10-12-18(13-11-16)28(30)31/h1-15,29H,(H,25,26,27)/b24-15-. The van der Waals surface area contributed by atoms with Gasteiger partial charge in [0.1, 0.15) is 5.75 Å². The van der Waals surface area contributed by atoms with Gasteiger partial charge in [-0.2, -0.15) is 5.10 Å². The molecule has 0 saturated heterocycles. The van der Waals surface area contributed by atoms with Crippen molar-refractivity contribution in [1.29, 1.82) is 0 Å². The number of para-hydroxylation sites is 1. The molecule has 0 bridgehead atoms. The first-order valence-corrected chi connectivity index (χ1v) is 9.36. The average molecular weight is 411 g/mol. The van der Waals surface area contributed by atoms with E-state index in [2.05, 4.69) is 20.5 Å². The molecule has 0 unspecified atom stereocenters. The number of nitrogens with zero attached hydrogens (tertiary/aromatic N) is 4. The molecule has 0 amide bonds. The maximum absolute atomic E-state index is 10.8. The lowest BCUT2D eigenvalue weighted by atomic mass is 10.1. The molecule has 0 spiro atoms. The SMILES string of the molecule is O=[N+]([O-])c1ccc(/C=N\Nc2nc(-c3ccccc3)cc(-c3ccccc3O)n2)cc1. The number of hydrogen-bond acceptors (Lipinski definition) is 7. The van der Waals surface area contributed by atoms with Crippen molar-refractivity contribution in [2.75, 3.05) is 5.43 Å². The fraction of sp³-hybridized carbons (Fsp3) is 0. The number of rotatable bonds is 6. The Labute approximate surface area is 177 Å². The first-order valence-electron chi connectivity index (χ1n) is 9.36. The number of phenolic OH excluding ortho intramolecular Hbond substituents is 1. The number of hydrazone groups is 1. The Balaban J connectivity index is 1.65. The third-order valence-corrected chi connectivity index (χ3v) is 4.46. The molecule has 0 atom stereocenters. The number of nitrogens with one attached hydrogen (secondary N) is 1. The van der Waals surface area contributed by atoms with Gasteiger partial charge in [0.2, 0.25) is 5.95 Å². The molecule has 1 heterocycles. The molecule has 31 heavy (non-hydrogen) atoms. The van der Waals surface area contributed by atoms with E-state index in [1.54, 1.807) is 36.4 Å². The Bertz CT molecular complexity index is 1240. The lowest BCUT2D eigenvalue weighted by molar-refractivity contribution is -0.384. The molecule has 0 fully saturated rings. The molecule has 8 nitrogen and oxygen atoms in total. The molecule has 0 aliphatic heterocycles. The number of aromatic hydroxyl groups is 1. The van der Waals surface area contributed by atoms with E-state index in [-0.39, 0.29) is 17.4 Å². The molecule has 8 heteroatoms. The van der Waals surface area contributed by atoms with Crippen LogP contribution in [0.5, 0.6) is 5.75 Å². The van der Waals surface area contributed by atoms with Gasteiger partial charge in [-0.15, -0.1) is 0 Å². The average Bonchev–Trinajstić information content (AvgIpc) is 2.80. The second-order valence-electron chi connectivity index (χ2n) is 6.56. The van der Waals surface area contributed by atoms with E-state index in [4.69, 9.17) is 0 Å². The van der Waals surface area contributed by atoms with Gasteiger partial charge in [-0.3, -0.25) is 10.1 Å². The third-order valence-electron chi connectivity index (χ3n) is 4.46. The second kappa shape index (κ2) is 8.83. The summed E-state index contributed by atoms with van der Waals surface area (Å²) in [6, 6.07) is 24.3. The van der Waals surface area contributed by atoms with E-state index in [1.165, 1.54) is 18.3 Å². The van der Waals surface area contributed by atoms with Crippen LogP contribution in [0, 0.1) is 10.1 Å². The molecule has 2 N–H and O–H groups in total. The lowest BCUT2D eigenvalue weighted by Crippen LogP contribution is -2.00. The summed E-state index contributed by atoms with van der Waals surface area (Å²) in [4.78, 5) is 19.3. The summed E-state index contributed by atoms with van der Waals surface area (Å²) in [6.07, 6.45) is 1.52. The number of phenols is 1. The van der Waals surface area contributed by atoms with Crippen LogP contribution >= 0.6 is 0 Å². The summed E-state index contributed by atoms with van der Waals surface area (Å²) in [5.74, 6) is 0.360. The van der Waals surface area contributed by atoms with E-state index >= 15 is 0 Å². The molecule has 3 aromatic carbocycles. The Morgan fingerprint density at radius 1 is 0.903 bits per heavy atom. The minimum absolute atomic E-state index is 0.0105. The Kier molecular flexibility index (Phi) is 5.62. The number of non-ortho nitro benzene ring substituents is 1. The lowest BCUT2D eigenvalue weighted by Gasteiger charge is -2.09. The van der Waals surface area contributed by atoms with Gasteiger partial charge in [0.15, 0.2) is 0 Å². The molecule has 0 radical (unpaired) electrons. The van der Waals surface area contributed by atoms with Crippen molar-refractivity contribution in [1.82, 2.24) is 9.97 Å². The van der Waals surface area contributed by atoms with Crippen molar-refractivity contribution in [3.63, 3.8) is 0 Å². The largest absolute Gasteiger partial charge is 0.507 e. The van der Waals surface area contributed by atoms with Crippen LogP contribution in [0.2, 0.25) is 0 Å². The zero-order valence-corrected chi connectivity index (χ0v) is 16.2. The van der Waals surface area contributed by atoms with Crippen molar-refractivity contribution in [3.8, 4) is 28.3 Å². The Hall–Kier alpha value is -4.59. The number of nitro groups is 1. The van der Waals surface area contributed by atoms with Gasteiger partial charge in [0.05, 0.1) is 22.5 Å². The zero-order valence-electron chi connectivity index (χ0n) is 16.2. The van der Waals surface area contributed by atoms with Gasteiger partial charge < -0.3 is 5.11 Å². The summed E-state index contributed by atoms with van der Waals surface area (Å²) in [5, 5.41) is 25.1. The van der Waals surface area contributed by atoms with Gasteiger partial charge in [-0.1, -0.05) is 42.5 Å². The summed E-state index contributed by atoms with van der Waals surface area (Å²) >= 11 is 0. The van der Waals surface area contributed by atoms with Crippen LogP contribution < -0.4 is 5.43 Å². The first-order chi connectivity index (χ1) is 15.1. The highest BCUT2D eigenvalue weighted by Gasteiger charge is 2.11. The van der Waals surface area contributed by atoms with Crippen LogP contribution in [0.1, 0.15) is 5.56 Å². The van der Waals surface area contributed by atoms with E-state index in [0.29, 0.717) is 22.5 Å². The number of benzene rings is 3. The molecule has 0 aliphatic carbocycles. The number of aromatic nitrogens is 2. The number of nitro benzene ring substituents is 1. The first kappa shape index (κ1) is 19.7. The maximum atomic E-state index is 10.8. The van der Waals surface area contributed by atoms with Gasteiger partial charge in [0, 0.05) is 23.3 Å². The van der Waals surface area contributed by atoms with E-state index in [1.807, 2.05) is 36.4 Å². The maximum Gasteiger partial charge on any atom is 0.269 e. The van der Waals surface area contributed by atoms with Gasteiger partial charge in [0.25, 0.3) is 5.69 Å². The molecule has 4 rings (SSSR count). The van der Waals surface area contributed by atoms with Crippen LogP contribution in [0.4, 0.5) is 11.6 Å². The monoisotopic (exact) mass is 411 g/mol. The van der Waals surface area contributed by atoms with Crippen molar-refractivity contribution in [3.05, 3.63) is 101 Å². The molecular weight excluding hydrogens is 394 g/mol. The highest BCUT2D eigenvalue weighted by atomic mass is 16.6. The minimum atomic E-state index is -0.456. The zero-order chi connectivity index (χ0) is 21.6. The summed E-state index contributed by atoms with van der Waals surface area (Å²) in [5.41, 5.74) is 6.17. The van der Waals surface area contributed by atoms with Crippen molar-refractivity contribution in [2.24, 2.45) is 5.10 Å². The summed E-state index contributed by atoms with van der Waals surface area (Å²) in [7, 11) is 0. The summed E-state index contributed by atoms with van der Waals surface area (Å²) < 4.78 is 0. The number of anilines is 1. The van der Waals surface area contributed by atoms with Gasteiger partial charge in [-0.05, 0) is 35.9 Å². The van der Waals surface area contributed by atoms with Gasteiger partial charge >= 0.3 is 0 Å². The number of hydrogen-bond donors (Lipinski definition) is 2. The van der Waals surface area contributed by atoms with Crippen molar-refractivity contribution < 1.29 is 10.0 Å². The van der Waals surface area contributed by atoms with E-state index in [9.17, 15) is 15.2 Å². The Morgan fingerprint density at radius 3 is 2.29 bits per heavy atom. The quantitative estimate of drug-likeness (QED) is 0.266. The molecule has 152 valence electrons. The highest BCUT2D eigenvalue weighted by Crippen LogP contribution is 2.30. The van der Waals surface area contributed by atoms with Crippen molar-refractivity contribution in [2.45, 2.75) is 0 Å². The Morgan fingerprint density at radius 2 is 1.58 bits per heavy atom. The molecule has 0 saturated carbocycles. The highest BCUT2D eigenvalue weighted by molar-refractivity contribution is 5.80. The second-order valence-corrected chi connectivity index (χ2v) is 6.56. The fourth-order valence-electron chi connectivity index (χ4n) is 2.93. The predicted octanol–water partition coefficient (Wildman–Crippen LogP) is 4.87. The summed E-state index contributed by atoms with van der Waals surface area (Å²) in [6.45, 7) is 0. The molecule has 0 aliphatic rings. The van der Waals surface area contributed by atoms with Crippen LogP contribution in [0.15, 0.2) is 90.0 Å². The molecule has 4 aromatic rings. The normalized spacial score (nSPS) is 10.8. The van der Waals surface area contributed by atoms with Crippen LogP contribution in [-0.2, 0) is 0 Å². The smallest absolute Gasteiger partial charge is 0.269 e. The van der Waals surface area contributed by atoms with Gasteiger partial charge in [-0.25, -0.2) is 15.4 Å². The van der Waals surface area contributed by atoms with Crippen LogP contribution in [0.25, 0.3) is 22.5 Å². The third kappa shape index (κ3) is 4.70. The molecular formula is C23H17N5O3. The van der Waals surface area contributed by atoms with E-state index < -0.39 is 4.92 Å². The van der Waals surface area contributed by atoms with E-state index in [0.717, 1.165) is 5.56 Å². The molecule has 1 aromatic heterocycles. The predicted molar refractivity (Wildman–Crippen MR) is 119 cm³/mol. The van der Waals surface area contributed by atoms with Crippen molar-refractivity contribution >= 4 is 17.9 Å².